The van der Waals surface area contributed by atoms with Crippen LogP contribution in [0.15, 0.2) is 5.16 Å². The molecule has 120 valence electrons. The Morgan fingerprint density at radius 1 is 1.29 bits per heavy atom. The number of hydrogen-bond donors (Lipinski definition) is 3. The number of hydrogen-bond acceptors (Lipinski definition) is 5. The molecule has 7 heteroatoms. The first-order valence-electron chi connectivity index (χ1n) is 7.73. The molecule has 0 spiro atoms. The van der Waals surface area contributed by atoms with Gasteiger partial charge in [-0.05, 0) is 43.1 Å². The summed E-state index contributed by atoms with van der Waals surface area (Å²) in [4.78, 5) is 14.2. The van der Waals surface area contributed by atoms with E-state index in [0.717, 1.165) is 25.9 Å². The smallest absolute Gasteiger partial charge is 0.220 e. The first kappa shape index (κ1) is 16.4. The van der Waals surface area contributed by atoms with Crippen LogP contribution in [-0.4, -0.2) is 59.0 Å². The van der Waals surface area contributed by atoms with E-state index in [2.05, 4.69) is 15.4 Å². The van der Waals surface area contributed by atoms with Crippen LogP contribution in [0.5, 0.6) is 0 Å². The average Bonchev–Trinajstić information content (AvgIpc) is 2.50. The van der Waals surface area contributed by atoms with Crippen molar-refractivity contribution in [2.75, 3.05) is 31.1 Å². The second-order valence-corrected chi connectivity index (χ2v) is 7.19. The van der Waals surface area contributed by atoms with Gasteiger partial charge in [0.25, 0.3) is 0 Å². The van der Waals surface area contributed by atoms with E-state index in [1.807, 2.05) is 11.8 Å². The van der Waals surface area contributed by atoms with Crippen molar-refractivity contribution in [3.05, 3.63) is 0 Å². The second-order valence-electron chi connectivity index (χ2n) is 5.97. The number of rotatable bonds is 5. The van der Waals surface area contributed by atoms with Crippen LogP contribution in [0.3, 0.4) is 0 Å². The lowest BCUT2D eigenvalue weighted by Crippen LogP contribution is -2.47. The predicted octanol–water partition coefficient (Wildman–Crippen LogP) is 0.847. The van der Waals surface area contributed by atoms with Gasteiger partial charge >= 0.3 is 0 Å². The van der Waals surface area contributed by atoms with Crippen LogP contribution in [-0.2, 0) is 4.79 Å². The number of amidine groups is 1. The van der Waals surface area contributed by atoms with Crippen LogP contribution in [0.4, 0.5) is 0 Å². The van der Waals surface area contributed by atoms with Gasteiger partial charge in [-0.25, -0.2) is 0 Å². The van der Waals surface area contributed by atoms with Gasteiger partial charge in [0, 0.05) is 25.6 Å². The van der Waals surface area contributed by atoms with Gasteiger partial charge in [0.2, 0.25) is 5.91 Å². The number of piperidine rings is 1. The lowest BCUT2D eigenvalue weighted by molar-refractivity contribution is -0.123. The number of nitrogens with two attached hydrogens (primary N) is 1. The van der Waals surface area contributed by atoms with Crippen LogP contribution in [0.2, 0.25) is 0 Å². The highest BCUT2D eigenvalue weighted by Crippen LogP contribution is 2.25. The van der Waals surface area contributed by atoms with Crippen LogP contribution < -0.4 is 11.1 Å². The summed E-state index contributed by atoms with van der Waals surface area (Å²) in [5.41, 5.74) is 5.51. The molecule has 2 aliphatic rings. The highest BCUT2D eigenvalue weighted by molar-refractivity contribution is 7.99. The lowest BCUT2D eigenvalue weighted by atomic mass is 9.97. The van der Waals surface area contributed by atoms with Crippen molar-refractivity contribution in [3.8, 4) is 0 Å². The van der Waals surface area contributed by atoms with Gasteiger partial charge in [-0.2, -0.15) is 11.8 Å². The molecule has 0 aromatic carbocycles. The minimum atomic E-state index is 0.210. The zero-order chi connectivity index (χ0) is 15.1. The molecule has 2 heterocycles. The Hall–Kier alpha value is -0.950. The number of nitrogens with one attached hydrogen (secondary N) is 1. The Labute approximate surface area is 130 Å². The quantitative estimate of drug-likeness (QED) is 0.303. The fourth-order valence-corrected chi connectivity index (χ4v) is 4.20. The molecule has 0 aromatic heterocycles. The molecule has 21 heavy (non-hydrogen) atoms. The Balaban J connectivity index is 1.64. The van der Waals surface area contributed by atoms with Gasteiger partial charge in [0.15, 0.2) is 5.84 Å². The molecule has 0 radical (unpaired) electrons. The van der Waals surface area contributed by atoms with Crippen molar-refractivity contribution in [2.45, 2.75) is 38.1 Å². The molecule has 4 N–H and O–H groups in total. The third-order valence-corrected chi connectivity index (χ3v) is 5.33. The number of oxime groups is 1. The van der Waals surface area contributed by atoms with E-state index in [4.69, 9.17) is 10.9 Å². The molecule has 0 unspecified atom stereocenters. The van der Waals surface area contributed by atoms with Crippen molar-refractivity contribution < 1.29 is 10.0 Å². The summed E-state index contributed by atoms with van der Waals surface area (Å²) in [6.07, 6.45) is 4.91. The molecular weight excluding hydrogens is 288 g/mol. The first-order valence-corrected chi connectivity index (χ1v) is 8.88. The van der Waals surface area contributed by atoms with Gasteiger partial charge in [-0.1, -0.05) is 5.16 Å². The summed E-state index contributed by atoms with van der Waals surface area (Å²) in [7, 11) is 0. The number of amides is 1. The second kappa shape index (κ2) is 8.48. The molecule has 0 saturated carbocycles. The molecule has 1 amide bonds. The standard InChI is InChI=1S/C14H26N4O2S/c15-13(17-20)10-18-5-1-12(2-6-18)16-14(19)9-11-3-7-21-8-4-11/h11-12,20H,1-10H2,(H2,15,17)(H,16,19). The number of carbonyl (C=O) groups is 1. The SMILES string of the molecule is NC(CN1CCC(NC(=O)CC2CCSCC2)CC1)=NO. The normalized spacial score (nSPS) is 23.1. The average molecular weight is 314 g/mol. The van der Waals surface area contributed by atoms with Crippen LogP contribution >= 0.6 is 11.8 Å². The minimum Gasteiger partial charge on any atom is -0.409 e. The van der Waals surface area contributed by atoms with E-state index in [1.54, 1.807) is 0 Å². The molecule has 0 aromatic rings. The van der Waals surface area contributed by atoms with Crippen molar-refractivity contribution in [2.24, 2.45) is 16.8 Å². The molecule has 2 rings (SSSR count). The van der Waals surface area contributed by atoms with Gasteiger partial charge in [0.05, 0.1) is 6.54 Å². The molecule has 0 aliphatic carbocycles. The summed E-state index contributed by atoms with van der Waals surface area (Å²) < 4.78 is 0. The topological polar surface area (TPSA) is 91.0 Å². The summed E-state index contributed by atoms with van der Waals surface area (Å²) in [6, 6.07) is 0.277. The predicted molar refractivity (Wildman–Crippen MR) is 85.7 cm³/mol. The number of thioether (sulfide) groups is 1. The lowest BCUT2D eigenvalue weighted by Gasteiger charge is -2.32. The van der Waals surface area contributed by atoms with Crippen molar-refractivity contribution >= 4 is 23.5 Å². The summed E-state index contributed by atoms with van der Waals surface area (Å²) in [6.45, 7) is 2.25. The van der Waals surface area contributed by atoms with Crippen molar-refractivity contribution in [1.29, 1.82) is 0 Å². The maximum atomic E-state index is 12.1. The maximum Gasteiger partial charge on any atom is 0.220 e. The third kappa shape index (κ3) is 5.74. The zero-order valence-corrected chi connectivity index (χ0v) is 13.3. The molecule has 0 bridgehead atoms. The summed E-state index contributed by atoms with van der Waals surface area (Å²) in [5.74, 6) is 3.43. The number of likely N-dealkylation sites (tertiary alicyclic amines) is 1. The summed E-state index contributed by atoms with van der Waals surface area (Å²) in [5, 5.41) is 14.7. The van der Waals surface area contributed by atoms with Gasteiger partial charge in [-0.3, -0.25) is 9.69 Å². The van der Waals surface area contributed by atoms with E-state index in [-0.39, 0.29) is 17.8 Å². The van der Waals surface area contributed by atoms with E-state index in [0.29, 0.717) is 18.9 Å². The first-order chi connectivity index (χ1) is 10.2. The molecular formula is C14H26N4O2S. The maximum absolute atomic E-state index is 12.1. The highest BCUT2D eigenvalue weighted by Gasteiger charge is 2.23. The molecule has 2 fully saturated rings. The Kier molecular flexibility index (Phi) is 6.63. The van der Waals surface area contributed by atoms with Gasteiger partial charge < -0.3 is 16.3 Å². The third-order valence-electron chi connectivity index (χ3n) is 4.28. The van der Waals surface area contributed by atoms with E-state index < -0.39 is 0 Å². The highest BCUT2D eigenvalue weighted by atomic mass is 32.2. The number of carbonyl (C=O) groups excluding carboxylic acids is 1. The Bertz CT molecular complexity index is 364. The van der Waals surface area contributed by atoms with E-state index in [1.165, 1.54) is 24.3 Å². The van der Waals surface area contributed by atoms with Crippen LogP contribution in [0.1, 0.15) is 32.1 Å². The van der Waals surface area contributed by atoms with Gasteiger partial charge in [0.1, 0.15) is 0 Å². The molecule has 0 atom stereocenters. The van der Waals surface area contributed by atoms with Crippen LogP contribution in [0, 0.1) is 5.92 Å². The zero-order valence-electron chi connectivity index (χ0n) is 12.5. The van der Waals surface area contributed by atoms with Gasteiger partial charge in [-0.15, -0.1) is 0 Å². The summed E-state index contributed by atoms with van der Waals surface area (Å²) >= 11 is 1.99. The molecule has 2 aliphatic heterocycles. The van der Waals surface area contributed by atoms with E-state index in [9.17, 15) is 4.79 Å². The van der Waals surface area contributed by atoms with Crippen molar-refractivity contribution in [1.82, 2.24) is 10.2 Å². The fourth-order valence-electron chi connectivity index (χ4n) is 3.00. The van der Waals surface area contributed by atoms with E-state index >= 15 is 0 Å². The largest absolute Gasteiger partial charge is 0.409 e. The molecule has 2 saturated heterocycles. The monoisotopic (exact) mass is 314 g/mol. The van der Waals surface area contributed by atoms with Crippen LogP contribution in [0.25, 0.3) is 0 Å². The Morgan fingerprint density at radius 2 is 1.95 bits per heavy atom. The molecule has 6 nitrogen and oxygen atoms in total. The fraction of sp³-hybridized carbons (Fsp3) is 0.857. The number of nitrogens with zero attached hydrogens (tertiary/aromatic N) is 2. The Morgan fingerprint density at radius 3 is 2.57 bits per heavy atom. The van der Waals surface area contributed by atoms with Crippen molar-refractivity contribution in [3.63, 3.8) is 0 Å². The minimum absolute atomic E-state index is 0.210.